The second-order valence-electron chi connectivity index (χ2n) is 6.19. The molecular formula is C22H27BrO4. The number of carbonyl (C=O) groups is 1. The summed E-state index contributed by atoms with van der Waals surface area (Å²) in [5.41, 5.74) is 0.492. The van der Waals surface area contributed by atoms with Crippen LogP contribution in [0.1, 0.15) is 49.4 Å². The molecule has 0 unspecified atom stereocenters. The molecular weight excluding hydrogens is 408 g/mol. The molecule has 0 fully saturated rings. The fourth-order valence-corrected chi connectivity index (χ4v) is 2.81. The molecule has 2 rings (SSSR count). The first-order chi connectivity index (χ1) is 13.2. The van der Waals surface area contributed by atoms with Gasteiger partial charge in [0.1, 0.15) is 17.2 Å². The Hall–Kier alpha value is -2.01. The lowest BCUT2D eigenvalue weighted by molar-refractivity contribution is 0.0734. The molecule has 0 aliphatic heterocycles. The van der Waals surface area contributed by atoms with E-state index in [1.54, 1.807) is 48.5 Å². The molecule has 0 amide bonds. The van der Waals surface area contributed by atoms with E-state index in [0.717, 1.165) is 36.1 Å². The number of carbonyl (C=O) groups excluding carboxylic acids is 1. The third kappa shape index (κ3) is 8.04. The lowest BCUT2D eigenvalue weighted by Crippen LogP contribution is -2.08. The van der Waals surface area contributed by atoms with Crippen molar-refractivity contribution in [2.75, 3.05) is 18.5 Å². The molecule has 5 heteroatoms. The van der Waals surface area contributed by atoms with Crippen molar-refractivity contribution in [3.8, 4) is 17.2 Å². The molecule has 2 aromatic rings. The third-order valence-corrected chi connectivity index (χ3v) is 4.45. The highest BCUT2D eigenvalue weighted by Gasteiger charge is 2.09. The lowest BCUT2D eigenvalue weighted by atomic mass is 10.2. The van der Waals surface area contributed by atoms with Crippen LogP contribution < -0.4 is 14.2 Å². The maximum atomic E-state index is 12.2. The zero-order chi connectivity index (χ0) is 19.3. The van der Waals surface area contributed by atoms with E-state index in [4.69, 9.17) is 14.2 Å². The van der Waals surface area contributed by atoms with Crippen molar-refractivity contribution in [1.82, 2.24) is 0 Å². The van der Waals surface area contributed by atoms with Gasteiger partial charge in [-0.1, -0.05) is 35.7 Å². The highest BCUT2D eigenvalue weighted by molar-refractivity contribution is 9.09. The van der Waals surface area contributed by atoms with E-state index in [1.807, 2.05) is 0 Å². The molecule has 0 bridgehead atoms. The number of ether oxygens (including phenoxy) is 3. The van der Waals surface area contributed by atoms with E-state index >= 15 is 0 Å². The van der Waals surface area contributed by atoms with Crippen LogP contribution in [-0.2, 0) is 0 Å². The fraction of sp³-hybridized carbons (Fsp3) is 0.409. The second kappa shape index (κ2) is 12.4. The molecule has 0 N–H and O–H groups in total. The number of rotatable bonds is 12. The maximum Gasteiger partial charge on any atom is 0.343 e. The van der Waals surface area contributed by atoms with Crippen molar-refractivity contribution in [3.05, 3.63) is 54.1 Å². The van der Waals surface area contributed by atoms with Crippen molar-refractivity contribution in [2.24, 2.45) is 0 Å². The molecule has 2 aromatic carbocycles. The quantitative estimate of drug-likeness (QED) is 0.177. The Morgan fingerprint density at radius 2 is 1.33 bits per heavy atom. The first kappa shape index (κ1) is 21.3. The summed E-state index contributed by atoms with van der Waals surface area (Å²) < 4.78 is 16.6. The highest BCUT2D eigenvalue weighted by Crippen LogP contribution is 2.20. The minimum Gasteiger partial charge on any atom is -0.494 e. The van der Waals surface area contributed by atoms with Crippen LogP contribution in [0.2, 0.25) is 0 Å². The minimum atomic E-state index is -0.390. The Kier molecular flexibility index (Phi) is 9.77. The third-order valence-electron chi connectivity index (χ3n) is 3.89. The predicted octanol–water partition coefficient (Wildman–Crippen LogP) is 6.03. The number of hydrogen-bond donors (Lipinski definition) is 0. The van der Waals surface area contributed by atoms with Crippen LogP contribution in [0.15, 0.2) is 48.5 Å². The summed E-state index contributed by atoms with van der Waals surface area (Å²) in [5.74, 6) is 1.64. The zero-order valence-electron chi connectivity index (χ0n) is 15.8. The summed E-state index contributed by atoms with van der Waals surface area (Å²) >= 11 is 3.43. The van der Waals surface area contributed by atoms with E-state index < -0.39 is 5.97 Å². The summed E-state index contributed by atoms with van der Waals surface area (Å²) in [4.78, 5) is 12.2. The summed E-state index contributed by atoms with van der Waals surface area (Å²) in [7, 11) is 0. The summed E-state index contributed by atoms with van der Waals surface area (Å²) in [5, 5.41) is 1.06. The SMILES string of the molecule is CCCOc1ccc(OC(=O)c2ccc(OCCCCCCBr)cc2)cc1. The Bertz CT molecular complexity index is 668. The molecule has 0 aliphatic rings. The maximum absolute atomic E-state index is 12.2. The van der Waals surface area contributed by atoms with Gasteiger partial charge in [-0.25, -0.2) is 4.79 Å². The number of esters is 1. The molecule has 27 heavy (non-hydrogen) atoms. The molecule has 0 saturated heterocycles. The van der Waals surface area contributed by atoms with Gasteiger partial charge in [0.15, 0.2) is 0 Å². The van der Waals surface area contributed by atoms with Crippen LogP contribution in [-0.4, -0.2) is 24.5 Å². The van der Waals surface area contributed by atoms with Crippen LogP contribution in [0.3, 0.4) is 0 Å². The van der Waals surface area contributed by atoms with Gasteiger partial charge in [-0.3, -0.25) is 0 Å². The Balaban J connectivity index is 1.77. The monoisotopic (exact) mass is 434 g/mol. The number of alkyl halides is 1. The number of unbranched alkanes of at least 4 members (excludes halogenated alkanes) is 3. The Labute approximate surface area is 170 Å². The normalized spacial score (nSPS) is 10.4. The van der Waals surface area contributed by atoms with Gasteiger partial charge in [-0.05, 0) is 67.8 Å². The molecule has 0 spiro atoms. The van der Waals surface area contributed by atoms with E-state index in [1.165, 1.54) is 12.8 Å². The van der Waals surface area contributed by atoms with Crippen LogP contribution in [0.5, 0.6) is 17.2 Å². The number of benzene rings is 2. The van der Waals surface area contributed by atoms with Gasteiger partial charge in [0.05, 0.1) is 18.8 Å². The van der Waals surface area contributed by atoms with Gasteiger partial charge in [0, 0.05) is 5.33 Å². The summed E-state index contributed by atoms with van der Waals surface area (Å²) in [6.07, 6.45) is 5.57. The lowest BCUT2D eigenvalue weighted by Gasteiger charge is -2.08. The first-order valence-electron chi connectivity index (χ1n) is 9.47. The molecule has 4 nitrogen and oxygen atoms in total. The fourth-order valence-electron chi connectivity index (χ4n) is 2.42. The van der Waals surface area contributed by atoms with E-state index in [0.29, 0.717) is 24.5 Å². The van der Waals surface area contributed by atoms with Crippen LogP contribution in [0.4, 0.5) is 0 Å². The largest absolute Gasteiger partial charge is 0.494 e. The Morgan fingerprint density at radius 1 is 0.778 bits per heavy atom. The molecule has 0 atom stereocenters. The van der Waals surface area contributed by atoms with E-state index in [-0.39, 0.29) is 0 Å². The average Bonchev–Trinajstić information content (AvgIpc) is 2.70. The average molecular weight is 435 g/mol. The van der Waals surface area contributed by atoms with Gasteiger partial charge < -0.3 is 14.2 Å². The number of hydrogen-bond acceptors (Lipinski definition) is 4. The van der Waals surface area contributed by atoms with Crippen molar-refractivity contribution >= 4 is 21.9 Å². The standard InChI is InChI=1S/C22H27BrO4/c1-2-16-25-20-11-13-21(14-12-20)27-22(24)18-7-9-19(10-8-18)26-17-6-4-3-5-15-23/h7-14H,2-6,15-17H2,1H3. The molecule has 0 aliphatic carbocycles. The van der Waals surface area contributed by atoms with Gasteiger partial charge >= 0.3 is 5.97 Å². The van der Waals surface area contributed by atoms with Crippen molar-refractivity contribution in [1.29, 1.82) is 0 Å². The molecule has 0 saturated carbocycles. The summed E-state index contributed by atoms with van der Waals surface area (Å²) in [6.45, 7) is 3.42. The topological polar surface area (TPSA) is 44.8 Å². The van der Waals surface area contributed by atoms with Crippen LogP contribution in [0, 0.1) is 0 Å². The Morgan fingerprint density at radius 3 is 1.96 bits per heavy atom. The summed E-state index contributed by atoms with van der Waals surface area (Å²) in [6, 6.07) is 14.1. The van der Waals surface area contributed by atoms with Gasteiger partial charge in [0.2, 0.25) is 0 Å². The van der Waals surface area contributed by atoms with Crippen molar-refractivity contribution < 1.29 is 19.0 Å². The van der Waals surface area contributed by atoms with E-state index in [9.17, 15) is 4.79 Å². The second-order valence-corrected chi connectivity index (χ2v) is 6.98. The van der Waals surface area contributed by atoms with Crippen molar-refractivity contribution in [3.63, 3.8) is 0 Å². The minimum absolute atomic E-state index is 0.390. The molecule has 146 valence electrons. The highest BCUT2D eigenvalue weighted by atomic mass is 79.9. The van der Waals surface area contributed by atoms with Crippen LogP contribution >= 0.6 is 15.9 Å². The molecule has 0 radical (unpaired) electrons. The molecule has 0 heterocycles. The number of halogens is 1. The predicted molar refractivity (Wildman–Crippen MR) is 111 cm³/mol. The molecule has 0 aromatic heterocycles. The van der Waals surface area contributed by atoms with Crippen LogP contribution in [0.25, 0.3) is 0 Å². The van der Waals surface area contributed by atoms with Gasteiger partial charge in [-0.15, -0.1) is 0 Å². The first-order valence-corrected chi connectivity index (χ1v) is 10.6. The van der Waals surface area contributed by atoms with E-state index in [2.05, 4.69) is 22.9 Å². The smallest absolute Gasteiger partial charge is 0.343 e. The van der Waals surface area contributed by atoms with Gasteiger partial charge in [0.25, 0.3) is 0 Å². The van der Waals surface area contributed by atoms with Crippen molar-refractivity contribution in [2.45, 2.75) is 39.0 Å². The van der Waals surface area contributed by atoms with Gasteiger partial charge in [-0.2, -0.15) is 0 Å². The zero-order valence-corrected chi connectivity index (χ0v) is 17.4.